The van der Waals surface area contributed by atoms with Crippen LogP contribution in [0.25, 0.3) is 5.57 Å². The molecule has 0 bridgehead atoms. The van der Waals surface area contributed by atoms with Gasteiger partial charge in [-0.25, -0.2) is 0 Å². The minimum atomic E-state index is -0.123. The molecule has 0 unspecified atom stereocenters. The molecule has 134 valence electrons. The monoisotopic (exact) mass is 356 g/mol. The van der Waals surface area contributed by atoms with Gasteiger partial charge in [0, 0.05) is 17.5 Å². The Balaban J connectivity index is 1.94. The lowest BCUT2D eigenvalue weighted by molar-refractivity contribution is 0.0998. The van der Waals surface area contributed by atoms with Gasteiger partial charge in [-0.2, -0.15) is 0 Å². The van der Waals surface area contributed by atoms with Gasteiger partial charge in [0.05, 0.1) is 7.11 Å². The number of carbonyl (C=O) groups excluding carboxylic acids is 2. The Hall–Kier alpha value is -3.46. The molecule has 3 nitrogen and oxygen atoms in total. The molecule has 0 atom stereocenters. The Morgan fingerprint density at radius 3 is 1.85 bits per heavy atom. The minimum absolute atomic E-state index is 0.0291. The second-order valence-electron chi connectivity index (χ2n) is 6.09. The number of Topliss-reactive ketones (excluding diaryl/α,β-unsaturated/α-hetero) is 1. The fourth-order valence-electron chi connectivity index (χ4n) is 2.78. The molecule has 0 spiro atoms. The van der Waals surface area contributed by atoms with Crippen molar-refractivity contribution in [3.63, 3.8) is 0 Å². The van der Waals surface area contributed by atoms with Crippen molar-refractivity contribution in [1.29, 1.82) is 0 Å². The summed E-state index contributed by atoms with van der Waals surface area (Å²) in [6.45, 7) is 0. The van der Waals surface area contributed by atoms with E-state index in [9.17, 15) is 9.59 Å². The Kier molecular flexibility index (Phi) is 5.95. The van der Waals surface area contributed by atoms with Gasteiger partial charge >= 0.3 is 0 Å². The predicted octanol–water partition coefficient (Wildman–Crippen LogP) is 5.23. The lowest BCUT2D eigenvalue weighted by Crippen LogP contribution is -2.03. The fourth-order valence-corrected chi connectivity index (χ4v) is 2.78. The van der Waals surface area contributed by atoms with Gasteiger partial charge in [-0.15, -0.1) is 0 Å². The molecule has 0 amide bonds. The third-order valence-electron chi connectivity index (χ3n) is 4.27. The van der Waals surface area contributed by atoms with Crippen LogP contribution in [0, 0.1) is 0 Å². The highest BCUT2D eigenvalue weighted by molar-refractivity contribution is 6.11. The number of ketones is 2. The molecule has 0 saturated carbocycles. The number of ether oxygens (including phenoxy) is 1. The van der Waals surface area contributed by atoms with Crippen LogP contribution < -0.4 is 4.74 Å². The Bertz CT molecular complexity index is 940. The van der Waals surface area contributed by atoms with Crippen LogP contribution in [0.2, 0.25) is 0 Å². The van der Waals surface area contributed by atoms with Crippen molar-refractivity contribution in [2.24, 2.45) is 0 Å². The molecule has 3 aromatic rings. The van der Waals surface area contributed by atoms with Crippen molar-refractivity contribution in [2.45, 2.75) is 6.42 Å². The van der Waals surface area contributed by atoms with Gasteiger partial charge in [-0.1, -0.05) is 72.8 Å². The first kappa shape index (κ1) is 18.3. The summed E-state index contributed by atoms with van der Waals surface area (Å²) >= 11 is 0. The van der Waals surface area contributed by atoms with E-state index >= 15 is 0 Å². The van der Waals surface area contributed by atoms with Gasteiger partial charge in [0.15, 0.2) is 11.6 Å². The number of benzene rings is 3. The molecule has 0 aliphatic heterocycles. The molecule has 3 aromatic carbocycles. The molecule has 0 fully saturated rings. The quantitative estimate of drug-likeness (QED) is 0.430. The highest BCUT2D eigenvalue weighted by atomic mass is 16.5. The van der Waals surface area contributed by atoms with Crippen LogP contribution >= 0.6 is 0 Å². The maximum Gasteiger partial charge on any atom is 0.186 e. The SMILES string of the molecule is COc1ccc(C(=CC(=O)c2ccccc2)CC(=O)c2ccccc2)cc1. The van der Waals surface area contributed by atoms with Gasteiger partial charge in [-0.3, -0.25) is 9.59 Å². The fraction of sp³-hybridized carbons (Fsp3) is 0.0833. The maximum absolute atomic E-state index is 12.7. The van der Waals surface area contributed by atoms with Crippen molar-refractivity contribution >= 4 is 17.1 Å². The molecular weight excluding hydrogens is 336 g/mol. The van der Waals surface area contributed by atoms with Crippen LogP contribution in [-0.4, -0.2) is 18.7 Å². The summed E-state index contributed by atoms with van der Waals surface area (Å²) in [7, 11) is 1.60. The second-order valence-corrected chi connectivity index (χ2v) is 6.09. The van der Waals surface area contributed by atoms with Gasteiger partial charge in [-0.05, 0) is 29.3 Å². The molecular formula is C24H20O3. The summed E-state index contributed by atoms with van der Waals surface area (Å²) in [5.74, 6) is 0.572. The molecule has 0 heterocycles. The third-order valence-corrected chi connectivity index (χ3v) is 4.27. The Labute approximate surface area is 158 Å². The summed E-state index contributed by atoms with van der Waals surface area (Å²) in [6.07, 6.45) is 1.70. The highest BCUT2D eigenvalue weighted by Gasteiger charge is 2.13. The van der Waals surface area contributed by atoms with E-state index < -0.39 is 0 Å². The number of allylic oxidation sites excluding steroid dienone is 2. The predicted molar refractivity (Wildman–Crippen MR) is 107 cm³/mol. The molecule has 0 aromatic heterocycles. The molecule has 0 saturated heterocycles. The van der Waals surface area contributed by atoms with E-state index in [2.05, 4.69) is 0 Å². The summed E-state index contributed by atoms with van der Waals surface area (Å²) in [4.78, 5) is 25.3. The number of rotatable bonds is 7. The zero-order chi connectivity index (χ0) is 19.1. The lowest BCUT2D eigenvalue weighted by atomic mass is 9.95. The van der Waals surface area contributed by atoms with Crippen LogP contribution in [0.5, 0.6) is 5.75 Å². The Morgan fingerprint density at radius 2 is 1.30 bits per heavy atom. The van der Waals surface area contributed by atoms with Crippen LogP contribution in [0.4, 0.5) is 0 Å². The maximum atomic E-state index is 12.7. The molecule has 0 aliphatic rings. The van der Waals surface area contributed by atoms with Gasteiger partial charge in [0.1, 0.15) is 5.75 Å². The average Bonchev–Trinajstić information content (AvgIpc) is 2.74. The number of carbonyl (C=O) groups is 2. The Morgan fingerprint density at radius 1 is 0.741 bits per heavy atom. The zero-order valence-corrected chi connectivity index (χ0v) is 15.1. The summed E-state index contributed by atoms with van der Waals surface area (Å²) in [5, 5.41) is 0. The van der Waals surface area contributed by atoms with Crippen LogP contribution in [-0.2, 0) is 0 Å². The van der Waals surface area contributed by atoms with E-state index in [-0.39, 0.29) is 18.0 Å². The van der Waals surface area contributed by atoms with Crippen LogP contribution in [0.15, 0.2) is 91.0 Å². The van der Waals surface area contributed by atoms with E-state index in [4.69, 9.17) is 4.74 Å². The number of methoxy groups -OCH3 is 1. The molecule has 27 heavy (non-hydrogen) atoms. The zero-order valence-electron chi connectivity index (χ0n) is 15.1. The van der Waals surface area contributed by atoms with E-state index in [1.165, 1.54) is 0 Å². The summed E-state index contributed by atoms with van der Waals surface area (Å²) < 4.78 is 5.20. The largest absolute Gasteiger partial charge is 0.497 e. The first-order chi connectivity index (χ1) is 13.2. The van der Waals surface area contributed by atoms with Crippen LogP contribution in [0.1, 0.15) is 32.7 Å². The molecule has 0 N–H and O–H groups in total. The lowest BCUT2D eigenvalue weighted by Gasteiger charge is -2.09. The van der Waals surface area contributed by atoms with E-state index in [0.717, 1.165) is 11.3 Å². The minimum Gasteiger partial charge on any atom is -0.497 e. The van der Waals surface area contributed by atoms with Crippen molar-refractivity contribution < 1.29 is 14.3 Å². The molecule has 0 radical (unpaired) electrons. The topological polar surface area (TPSA) is 43.4 Å². The normalized spacial score (nSPS) is 11.1. The van der Waals surface area contributed by atoms with Gasteiger partial charge < -0.3 is 4.74 Å². The first-order valence-electron chi connectivity index (χ1n) is 8.70. The second kappa shape index (κ2) is 8.77. The van der Waals surface area contributed by atoms with E-state index in [1.54, 1.807) is 37.5 Å². The van der Waals surface area contributed by atoms with E-state index in [1.807, 2.05) is 60.7 Å². The highest BCUT2D eigenvalue weighted by Crippen LogP contribution is 2.24. The first-order valence-corrected chi connectivity index (χ1v) is 8.70. The van der Waals surface area contributed by atoms with Crippen LogP contribution in [0.3, 0.4) is 0 Å². The van der Waals surface area contributed by atoms with Crippen molar-refractivity contribution in [3.05, 3.63) is 108 Å². The summed E-state index contributed by atoms with van der Waals surface area (Å²) in [5.41, 5.74) is 2.73. The molecule has 0 aliphatic carbocycles. The van der Waals surface area contributed by atoms with Gasteiger partial charge in [0.25, 0.3) is 0 Å². The average molecular weight is 356 g/mol. The number of hydrogen-bond donors (Lipinski definition) is 0. The molecule has 3 heteroatoms. The standard InChI is InChI=1S/C24H20O3/c1-27-22-14-12-18(13-15-22)21(16-23(25)19-8-4-2-5-9-19)17-24(26)20-10-6-3-7-11-20/h2-16H,17H2,1H3. The van der Waals surface area contributed by atoms with Crippen molar-refractivity contribution in [1.82, 2.24) is 0 Å². The number of hydrogen-bond acceptors (Lipinski definition) is 3. The smallest absolute Gasteiger partial charge is 0.186 e. The third kappa shape index (κ3) is 4.79. The van der Waals surface area contributed by atoms with Crippen molar-refractivity contribution in [2.75, 3.05) is 7.11 Å². The van der Waals surface area contributed by atoms with E-state index in [0.29, 0.717) is 16.7 Å². The van der Waals surface area contributed by atoms with Crippen molar-refractivity contribution in [3.8, 4) is 5.75 Å². The molecule has 3 rings (SSSR count). The van der Waals surface area contributed by atoms with Gasteiger partial charge in [0.2, 0.25) is 0 Å². The summed E-state index contributed by atoms with van der Waals surface area (Å²) in [6, 6.07) is 25.5.